The molecule has 0 aliphatic rings. The van der Waals surface area contributed by atoms with Gasteiger partial charge in [0.05, 0.1) is 6.10 Å². The number of hydrogen-bond donors (Lipinski definition) is 1. The lowest BCUT2D eigenvalue weighted by Crippen LogP contribution is -2.32. The van der Waals surface area contributed by atoms with Gasteiger partial charge in [-0.2, -0.15) is 0 Å². The van der Waals surface area contributed by atoms with Crippen LogP contribution >= 0.6 is 11.3 Å². The molecule has 0 bridgehead atoms. The van der Waals surface area contributed by atoms with Crippen molar-refractivity contribution in [2.75, 3.05) is 6.54 Å². The number of hydrogen-bond acceptors (Lipinski definition) is 3. The van der Waals surface area contributed by atoms with Crippen LogP contribution in [-0.4, -0.2) is 22.7 Å². The van der Waals surface area contributed by atoms with Crippen LogP contribution in [0.5, 0.6) is 0 Å². The van der Waals surface area contributed by atoms with Gasteiger partial charge in [0, 0.05) is 29.4 Å². The fourth-order valence-corrected chi connectivity index (χ4v) is 4.01. The molecule has 0 amide bonds. The molecule has 0 aliphatic heterocycles. The maximum Gasteiger partial charge on any atom is 0.123 e. The highest BCUT2D eigenvalue weighted by Gasteiger charge is 2.14. The van der Waals surface area contributed by atoms with Crippen molar-refractivity contribution >= 4 is 11.3 Å². The van der Waals surface area contributed by atoms with E-state index in [1.807, 2.05) is 42.5 Å². The van der Waals surface area contributed by atoms with E-state index in [4.69, 9.17) is 0 Å². The zero-order valence-corrected chi connectivity index (χ0v) is 15.8. The van der Waals surface area contributed by atoms with Crippen molar-refractivity contribution in [1.82, 2.24) is 4.90 Å². The molecule has 3 rings (SSSR count). The Morgan fingerprint density at radius 3 is 2.31 bits per heavy atom. The van der Waals surface area contributed by atoms with Gasteiger partial charge in [-0.05, 0) is 48.7 Å². The van der Waals surface area contributed by atoms with E-state index < -0.39 is 6.10 Å². The molecule has 1 aromatic heterocycles. The summed E-state index contributed by atoms with van der Waals surface area (Å²) >= 11 is 1.78. The summed E-state index contributed by atoms with van der Waals surface area (Å²) in [5.74, 6) is -0.224. The number of aliphatic hydroxyl groups is 1. The van der Waals surface area contributed by atoms with Crippen LogP contribution in [0.15, 0.2) is 66.7 Å². The topological polar surface area (TPSA) is 23.5 Å². The van der Waals surface area contributed by atoms with Crippen LogP contribution in [0, 0.1) is 12.7 Å². The fourth-order valence-electron chi connectivity index (χ4n) is 3.07. The highest BCUT2D eigenvalue weighted by molar-refractivity contribution is 7.11. The Hall–Kier alpha value is -2.01. The number of aryl methyl sites for hydroxylation is 1. The number of nitrogens with zero attached hydrogens (tertiary/aromatic N) is 1. The van der Waals surface area contributed by atoms with Crippen LogP contribution in [0.2, 0.25) is 0 Å². The molecule has 4 heteroatoms. The van der Waals surface area contributed by atoms with Crippen molar-refractivity contribution in [3.05, 3.63) is 93.4 Å². The highest BCUT2D eigenvalue weighted by atomic mass is 32.1. The van der Waals surface area contributed by atoms with E-state index >= 15 is 0 Å². The summed E-state index contributed by atoms with van der Waals surface area (Å²) in [6.07, 6.45) is 0.184. The van der Waals surface area contributed by atoms with Gasteiger partial charge in [-0.1, -0.05) is 42.5 Å². The fraction of sp³-hybridized carbons (Fsp3) is 0.273. The van der Waals surface area contributed by atoms with Crippen LogP contribution in [-0.2, 0) is 19.5 Å². The minimum Gasteiger partial charge on any atom is -0.391 e. The first-order chi connectivity index (χ1) is 12.6. The van der Waals surface area contributed by atoms with Gasteiger partial charge in [-0.15, -0.1) is 11.3 Å². The van der Waals surface area contributed by atoms with Gasteiger partial charge < -0.3 is 5.11 Å². The smallest absolute Gasteiger partial charge is 0.123 e. The van der Waals surface area contributed by atoms with Gasteiger partial charge >= 0.3 is 0 Å². The maximum atomic E-state index is 13.2. The zero-order valence-electron chi connectivity index (χ0n) is 14.9. The van der Waals surface area contributed by atoms with Crippen molar-refractivity contribution in [2.45, 2.75) is 32.5 Å². The molecule has 0 spiro atoms. The summed E-state index contributed by atoms with van der Waals surface area (Å²) in [5.41, 5.74) is 2.18. The predicted molar refractivity (Wildman–Crippen MR) is 106 cm³/mol. The van der Waals surface area contributed by atoms with E-state index in [1.54, 1.807) is 11.3 Å². The van der Waals surface area contributed by atoms with Gasteiger partial charge in [0.25, 0.3) is 0 Å². The number of halogens is 1. The first-order valence-corrected chi connectivity index (χ1v) is 9.64. The third-order valence-electron chi connectivity index (χ3n) is 4.28. The number of aliphatic hydroxyl groups excluding tert-OH is 1. The summed E-state index contributed by atoms with van der Waals surface area (Å²) in [7, 11) is 0. The Morgan fingerprint density at radius 2 is 1.65 bits per heavy atom. The minimum atomic E-state index is -0.445. The Kier molecular flexibility index (Phi) is 6.56. The second-order valence-electron chi connectivity index (χ2n) is 6.65. The standard InChI is InChI=1S/C22H24FNOS/c1-17-7-12-22(26-17)16-24(14-19-8-10-20(23)11-9-19)15-21(25)13-18-5-3-2-4-6-18/h2-12,21,25H,13-16H2,1H3. The number of benzene rings is 2. The Morgan fingerprint density at radius 1 is 0.923 bits per heavy atom. The second kappa shape index (κ2) is 9.08. The quantitative estimate of drug-likeness (QED) is 0.616. The molecule has 1 atom stereocenters. The van der Waals surface area contributed by atoms with Crippen molar-refractivity contribution in [1.29, 1.82) is 0 Å². The Balaban J connectivity index is 1.67. The van der Waals surface area contributed by atoms with Crippen LogP contribution in [0.3, 0.4) is 0 Å². The van der Waals surface area contributed by atoms with E-state index in [9.17, 15) is 9.50 Å². The molecule has 2 nitrogen and oxygen atoms in total. The summed E-state index contributed by atoms with van der Waals surface area (Å²) in [4.78, 5) is 4.79. The molecular weight excluding hydrogens is 345 g/mol. The van der Waals surface area contributed by atoms with Crippen LogP contribution in [0.25, 0.3) is 0 Å². The van der Waals surface area contributed by atoms with Gasteiger partial charge in [-0.25, -0.2) is 4.39 Å². The Labute approximate surface area is 158 Å². The number of rotatable bonds is 8. The minimum absolute atomic E-state index is 0.224. The molecule has 0 aliphatic carbocycles. The average Bonchev–Trinajstić information content (AvgIpc) is 3.02. The lowest BCUT2D eigenvalue weighted by molar-refractivity contribution is 0.105. The zero-order chi connectivity index (χ0) is 18.4. The van der Waals surface area contributed by atoms with Crippen molar-refractivity contribution < 1.29 is 9.50 Å². The molecule has 2 aromatic carbocycles. The third kappa shape index (κ3) is 5.77. The van der Waals surface area contributed by atoms with Gasteiger partial charge in [-0.3, -0.25) is 4.90 Å². The van der Waals surface area contributed by atoms with Gasteiger partial charge in [0.2, 0.25) is 0 Å². The van der Waals surface area contributed by atoms with E-state index in [2.05, 4.69) is 24.0 Å². The predicted octanol–water partition coefficient (Wildman–Crippen LogP) is 4.80. The molecule has 3 aromatic rings. The second-order valence-corrected chi connectivity index (χ2v) is 8.02. The third-order valence-corrected chi connectivity index (χ3v) is 5.26. The van der Waals surface area contributed by atoms with E-state index in [1.165, 1.54) is 21.9 Å². The monoisotopic (exact) mass is 369 g/mol. The van der Waals surface area contributed by atoms with E-state index in [0.29, 0.717) is 19.5 Å². The van der Waals surface area contributed by atoms with Crippen molar-refractivity contribution in [2.24, 2.45) is 0 Å². The molecule has 0 fully saturated rings. The molecule has 1 heterocycles. The lowest BCUT2D eigenvalue weighted by Gasteiger charge is -2.25. The first-order valence-electron chi connectivity index (χ1n) is 8.82. The molecule has 0 radical (unpaired) electrons. The summed E-state index contributed by atoms with van der Waals surface area (Å²) in [6.45, 7) is 4.14. The summed E-state index contributed by atoms with van der Waals surface area (Å²) < 4.78 is 13.2. The van der Waals surface area contributed by atoms with E-state index in [-0.39, 0.29) is 5.82 Å². The molecule has 1 unspecified atom stereocenters. The first kappa shape index (κ1) is 18.8. The molecular formula is C22H24FNOS. The van der Waals surface area contributed by atoms with Crippen molar-refractivity contribution in [3.8, 4) is 0 Å². The van der Waals surface area contributed by atoms with E-state index in [0.717, 1.165) is 17.7 Å². The highest BCUT2D eigenvalue weighted by Crippen LogP contribution is 2.19. The van der Waals surface area contributed by atoms with Crippen molar-refractivity contribution in [3.63, 3.8) is 0 Å². The average molecular weight is 370 g/mol. The normalized spacial score (nSPS) is 12.5. The SMILES string of the molecule is Cc1ccc(CN(Cc2ccc(F)cc2)CC(O)Cc2ccccc2)s1. The molecule has 26 heavy (non-hydrogen) atoms. The molecule has 136 valence electrons. The molecule has 0 saturated heterocycles. The van der Waals surface area contributed by atoms with Gasteiger partial charge in [0.1, 0.15) is 5.82 Å². The summed E-state index contributed by atoms with van der Waals surface area (Å²) in [5, 5.41) is 10.6. The lowest BCUT2D eigenvalue weighted by atomic mass is 10.1. The molecule has 0 saturated carbocycles. The largest absolute Gasteiger partial charge is 0.391 e. The summed E-state index contributed by atoms with van der Waals surface area (Å²) in [6, 6.07) is 20.9. The van der Waals surface area contributed by atoms with Crippen LogP contribution < -0.4 is 0 Å². The number of thiophene rings is 1. The molecule has 1 N–H and O–H groups in total. The van der Waals surface area contributed by atoms with Crippen LogP contribution in [0.4, 0.5) is 4.39 Å². The Bertz CT molecular complexity index is 801. The van der Waals surface area contributed by atoms with Gasteiger partial charge in [0.15, 0.2) is 0 Å². The maximum absolute atomic E-state index is 13.2. The van der Waals surface area contributed by atoms with Crippen LogP contribution in [0.1, 0.15) is 20.9 Å².